The quantitative estimate of drug-likeness (QED) is 0.365. The SMILES string of the molecule is CCCCCCSc1cccc2c1C(=O)NC2=O.NC=O. The van der Waals surface area contributed by atoms with Crippen LogP contribution in [0.25, 0.3) is 0 Å². The van der Waals surface area contributed by atoms with Crippen LogP contribution in [-0.2, 0) is 4.79 Å². The second-order valence-corrected chi connectivity index (χ2v) is 5.64. The van der Waals surface area contributed by atoms with Crippen molar-refractivity contribution in [1.29, 1.82) is 0 Å². The Morgan fingerprint density at radius 1 is 1.19 bits per heavy atom. The van der Waals surface area contributed by atoms with Crippen LogP contribution in [-0.4, -0.2) is 24.0 Å². The molecule has 3 N–H and O–H groups in total. The predicted octanol–water partition coefficient (Wildman–Crippen LogP) is 2.34. The number of nitrogens with two attached hydrogens (primary N) is 1. The number of amides is 3. The van der Waals surface area contributed by atoms with E-state index in [4.69, 9.17) is 4.79 Å². The van der Waals surface area contributed by atoms with Gasteiger partial charge in [-0.1, -0.05) is 32.3 Å². The van der Waals surface area contributed by atoms with Gasteiger partial charge in [-0.05, 0) is 24.3 Å². The van der Waals surface area contributed by atoms with Crippen molar-refractivity contribution in [2.24, 2.45) is 5.73 Å². The molecule has 1 aliphatic rings. The topological polar surface area (TPSA) is 89.3 Å². The number of imide groups is 1. The van der Waals surface area contributed by atoms with E-state index in [-0.39, 0.29) is 18.2 Å². The smallest absolute Gasteiger partial charge is 0.260 e. The van der Waals surface area contributed by atoms with E-state index in [0.29, 0.717) is 11.1 Å². The van der Waals surface area contributed by atoms with Crippen molar-refractivity contribution in [2.75, 3.05) is 5.75 Å². The number of thioether (sulfide) groups is 1. The highest BCUT2D eigenvalue weighted by molar-refractivity contribution is 7.99. The fourth-order valence-electron chi connectivity index (χ4n) is 2.02. The number of carbonyl (C=O) groups excluding carboxylic acids is 3. The van der Waals surface area contributed by atoms with E-state index in [1.807, 2.05) is 12.1 Å². The van der Waals surface area contributed by atoms with E-state index in [0.717, 1.165) is 17.1 Å². The summed E-state index contributed by atoms with van der Waals surface area (Å²) in [6.07, 6.45) is 5.11. The average Bonchev–Trinajstić information content (AvgIpc) is 2.76. The fraction of sp³-hybridized carbons (Fsp3) is 0.400. The lowest BCUT2D eigenvalue weighted by Crippen LogP contribution is -2.20. The first-order valence-corrected chi connectivity index (χ1v) is 7.91. The molecule has 5 nitrogen and oxygen atoms in total. The molecule has 21 heavy (non-hydrogen) atoms. The van der Waals surface area contributed by atoms with Crippen LogP contribution >= 0.6 is 11.8 Å². The van der Waals surface area contributed by atoms with Crippen molar-refractivity contribution >= 4 is 30.0 Å². The summed E-state index contributed by atoms with van der Waals surface area (Å²) in [4.78, 5) is 32.7. The van der Waals surface area contributed by atoms with E-state index in [9.17, 15) is 9.59 Å². The van der Waals surface area contributed by atoms with Gasteiger partial charge >= 0.3 is 0 Å². The summed E-state index contributed by atoms with van der Waals surface area (Å²) in [5, 5.41) is 2.34. The maximum absolute atomic E-state index is 11.7. The molecule has 114 valence electrons. The molecule has 0 atom stereocenters. The summed E-state index contributed by atoms with van der Waals surface area (Å²) < 4.78 is 0. The molecule has 1 aromatic carbocycles. The summed E-state index contributed by atoms with van der Waals surface area (Å²) in [6, 6.07) is 5.46. The second-order valence-electron chi connectivity index (χ2n) is 4.51. The van der Waals surface area contributed by atoms with Crippen LogP contribution in [0.2, 0.25) is 0 Å². The summed E-state index contributed by atoms with van der Waals surface area (Å²) in [5.74, 6) is 0.466. The van der Waals surface area contributed by atoms with Gasteiger partial charge in [-0.3, -0.25) is 19.7 Å². The van der Waals surface area contributed by atoms with E-state index in [1.165, 1.54) is 19.3 Å². The Morgan fingerprint density at radius 2 is 1.90 bits per heavy atom. The van der Waals surface area contributed by atoms with Gasteiger partial charge in [0.1, 0.15) is 0 Å². The van der Waals surface area contributed by atoms with Gasteiger partial charge in [-0.25, -0.2) is 0 Å². The minimum Gasteiger partial charge on any atom is -0.372 e. The highest BCUT2D eigenvalue weighted by atomic mass is 32.2. The summed E-state index contributed by atoms with van der Waals surface area (Å²) in [7, 11) is 0. The highest BCUT2D eigenvalue weighted by Gasteiger charge is 2.28. The van der Waals surface area contributed by atoms with Gasteiger partial charge in [0.05, 0.1) is 11.1 Å². The molecule has 0 saturated heterocycles. The van der Waals surface area contributed by atoms with Crippen molar-refractivity contribution in [2.45, 2.75) is 37.5 Å². The Kier molecular flexibility index (Phi) is 7.53. The van der Waals surface area contributed by atoms with E-state index >= 15 is 0 Å². The number of carbonyl (C=O) groups is 3. The van der Waals surface area contributed by atoms with Gasteiger partial charge in [-0.15, -0.1) is 11.8 Å². The molecule has 6 heteroatoms. The summed E-state index contributed by atoms with van der Waals surface area (Å²) in [5.41, 5.74) is 5.24. The molecule has 0 bridgehead atoms. The summed E-state index contributed by atoms with van der Waals surface area (Å²) >= 11 is 1.67. The minimum absolute atomic E-state index is 0.250. The van der Waals surface area contributed by atoms with Crippen molar-refractivity contribution in [1.82, 2.24) is 5.32 Å². The molecular formula is C15H20N2O3S. The molecule has 3 amide bonds. The summed E-state index contributed by atoms with van der Waals surface area (Å²) in [6.45, 7) is 2.19. The maximum Gasteiger partial charge on any atom is 0.260 e. The normalized spacial score (nSPS) is 12.2. The Morgan fingerprint density at radius 3 is 2.57 bits per heavy atom. The van der Waals surface area contributed by atoms with Crippen LogP contribution in [0.5, 0.6) is 0 Å². The first-order chi connectivity index (χ1) is 10.2. The molecule has 1 aliphatic heterocycles. The zero-order chi connectivity index (χ0) is 15.7. The van der Waals surface area contributed by atoms with E-state index < -0.39 is 0 Å². The number of hydrogen-bond donors (Lipinski definition) is 2. The number of rotatable bonds is 6. The zero-order valence-corrected chi connectivity index (χ0v) is 12.9. The predicted molar refractivity (Wildman–Crippen MR) is 83.4 cm³/mol. The first kappa shape index (κ1) is 17.2. The Balaban J connectivity index is 0.000000677. The number of unbranched alkanes of at least 4 members (excludes halogenated alkanes) is 3. The molecular weight excluding hydrogens is 288 g/mol. The maximum atomic E-state index is 11.7. The van der Waals surface area contributed by atoms with Gasteiger partial charge in [0, 0.05) is 4.90 Å². The first-order valence-electron chi connectivity index (χ1n) is 6.92. The van der Waals surface area contributed by atoms with Crippen LogP contribution in [0.3, 0.4) is 0 Å². The molecule has 0 aliphatic carbocycles. The molecule has 0 unspecified atom stereocenters. The molecule has 0 fully saturated rings. The fourth-order valence-corrected chi connectivity index (χ4v) is 3.11. The van der Waals surface area contributed by atoms with Crippen LogP contribution in [0.4, 0.5) is 0 Å². The van der Waals surface area contributed by atoms with E-state index in [2.05, 4.69) is 18.0 Å². The number of benzene rings is 1. The van der Waals surface area contributed by atoms with Crippen molar-refractivity contribution in [3.8, 4) is 0 Å². The van der Waals surface area contributed by atoms with Crippen LogP contribution in [0, 0.1) is 0 Å². The molecule has 2 rings (SSSR count). The minimum atomic E-state index is -0.275. The number of nitrogens with one attached hydrogen (secondary N) is 1. The van der Waals surface area contributed by atoms with Crippen molar-refractivity contribution < 1.29 is 14.4 Å². The Hall–Kier alpha value is -1.82. The van der Waals surface area contributed by atoms with Gasteiger partial charge < -0.3 is 5.73 Å². The average molecular weight is 308 g/mol. The van der Waals surface area contributed by atoms with Gasteiger partial charge in [-0.2, -0.15) is 0 Å². The molecule has 0 aromatic heterocycles. The largest absolute Gasteiger partial charge is 0.372 e. The lowest BCUT2D eigenvalue weighted by atomic mass is 10.1. The lowest BCUT2D eigenvalue weighted by molar-refractivity contribution is -0.106. The lowest BCUT2D eigenvalue weighted by Gasteiger charge is -2.05. The van der Waals surface area contributed by atoms with Gasteiger partial charge in [0.15, 0.2) is 0 Å². The Bertz CT molecular complexity index is 518. The third-order valence-corrected chi connectivity index (χ3v) is 4.12. The molecule has 0 spiro atoms. The number of fused-ring (bicyclic) bond motifs is 1. The third kappa shape index (κ3) is 4.90. The highest BCUT2D eigenvalue weighted by Crippen LogP contribution is 2.29. The monoisotopic (exact) mass is 308 g/mol. The van der Waals surface area contributed by atoms with Crippen molar-refractivity contribution in [3.05, 3.63) is 29.3 Å². The zero-order valence-electron chi connectivity index (χ0n) is 12.1. The van der Waals surface area contributed by atoms with Crippen LogP contribution < -0.4 is 11.1 Å². The van der Waals surface area contributed by atoms with Crippen LogP contribution in [0.1, 0.15) is 53.3 Å². The number of primary amides is 1. The van der Waals surface area contributed by atoms with Crippen molar-refractivity contribution in [3.63, 3.8) is 0 Å². The number of hydrogen-bond acceptors (Lipinski definition) is 4. The molecule has 1 aromatic rings. The molecule has 0 saturated carbocycles. The standard InChI is InChI=1S/C14H17NO2S.CH3NO/c1-2-3-4-5-9-18-11-8-6-7-10-12(11)14(17)15-13(10)16;2-1-3/h6-8H,2-5,9H2,1H3,(H,15,16,17);1H,(H2,2,3). The Labute approximate surface area is 128 Å². The van der Waals surface area contributed by atoms with Crippen LogP contribution in [0.15, 0.2) is 23.1 Å². The molecule has 0 radical (unpaired) electrons. The van der Waals surface area contributed by atoms with Gasteiger partial charge in [0.2, 0.25) is 6.41 Å². The van der Waals surface area contributed by atoms with E-state index in [1.54, 1.807) is 17.8 Å². The van der Waals surface area contributed by atoms with Gasteiger partial charge in [0.25, 0.3) is 11.8 Å². The third-order valence-electron chi connectivity index (χ3n) is 2.98. The molecule has 1 heterocycles. The second kappa shape index (κ2) is 9.18.